The fraction of sp³-hybridized carbons (Fsp3) is 0.467. The van der Waals surface area contributed by atoms with Crippen molar-refractivity contribution in [3.8, 4) is 0 Å². The summed E-state index contributed by atoms with van der Waals surface area (Å²) < 4.78 is 0. The van der Waals surface area contributed by atoms with E-state index in [0.29, 0.717) is 11.5 Å². The van der Waals surface area contributed by atoms with E-state index >= 15 is 0 Å². The number of nitrogens with one attached hydrogen (secondary N) is 3. The van der Waals surface area contributed by atoms with Crippen molar-refractivity contribution in [1.82, 2.24) is 10.6 Å². The average molecular weight is 275 g/mol. The topological polar surface area (TPSA) is 70.2 Å². The number of hydrogen-bond acceptors (Lipinski definition) is 3. The first-order valence-electron chi connectivity index (χ1n) is 6.87. The smallest absolute Gasteiger partial charge is 0.251 e. The highest BCUT2D eigenvalue weighted by atomic mass is 16.2. The minimum Gasteiger partial charge on any atom is -0.355 e. The molecule has 3 N–H and O–H groups in total. The van der Waals surface area contributed by atoms with Gasteiger partial charge in [0.25, 0.3) is 5.91 Å². The molecule has 0 bridgehead atoms. The lowest BCUT2D eigenvalue weighted by Crippen LogP contribution is -2.48. The van der Waals surface area contributed by atoms with Crippen LogP contribution in [0.3, 0.4) is 0 Å². The lowest BCUT2D eigenvalue weighted by molar-refractivity contribution is -0.121. The van der Waals surface area contributed by atoms with Crippen molar-refractivity contribution in [3.05, 3.63) is 29.3 Å². The number of anilines is 1. The van der Waals surface area contributed by atoms with E-state index in [9.17, 15) is 9.59 Å². The van der Waals surface area contributed by atoms with Crippen LogP contribution in [0.2, 0.25) is 0 Å². The molecule has 1 unspecified atom stereocenters. The molecular weight excluding hydrogens is 254 g/mol. The summed E-state index contributed by atoms with van der Waals surface area (Å²) in [5, 5.41) is 8.70. The van der Waals surface area contributed by atoms with E-state index in [1.54, 1.807) is 25.2 Å². The molecule has 0 aliphatic carbocycles. The van der Waals surface area contributed by atoms with Crippen molar-refractivity contribution in [1.29, 1.82) is 0 Å². The molecule has 1 aromatic rings. The van der Waals surface area contributed by atoms with Crippen molar-refractivity contribution < 1.29 is 9.59 Å². The van der Waals surface area contributed by atoms with E-state index in [0.717, 1.165) is 24.3 Å². The minimum atomic E-state index is -0.125. The Labute approximate surface area is 119 Å². The molecule has 1 aliphatic heterocycles. The summed E-state index contributed by atoms with van der Waals surface area (Å²) in [6, 6.07) is 5.28. The molecule has 5 nitrogen and oxygen atoms in total. The second-order valence-electron chi connectivity index (χ2n) is 5.31. The summed E-state index contributed by atoms with van der Waals surface area (Å²) in [6.45, 7) is 5.65. The molecule has 0 spiro atoms. The molecule has 0 radical (unpaired) electrons. The van der Waals surface area contributed by atoms with Gasteiger partial charge in [-0.3, -0.25) is 9.59 Å². The number of amides is 2. The molecule has 108 valence electrons. The highest BCUT2D eigenvalue weighted by molar-refractivity contribution is 5.97. The Morgan fingerprint density at radius 1 is 1.35 bits per heavy atom. The van der Waals surface area contributed by atoms with Crippen LogP contribution >= 0.6 is 0 Å². The van der Waals surface area contributed by atoms with Gasteiger partial charge in [-0.25, -0.2) is 0 Å². The summed E-state index contributed by atoms with van der Waals surface area (Å²) in [7, 11) is 1.60. The second-order valence-corrected chi connectivity index (χ2v) is 5.31. The Balaban J connectivity index is 2.05. The molecule has 1 aromatic carbocycles. The first-order valence-corrected chi connectivity index (χ1v) is 6.87. The molecule has 0 saturated carbocycles. The molecule has 2 amide bonds. The summed E-state index contributed by atoms with van der Waals surface area (Å²) in [6.07, 6.45) is 0. The third kappa shape index (κ3) is 2.99. The monoisotopic (exact) mass is 275 g/mol. The Morgan fingerprint density at radius 3 is 2.55 bits per heavy atom. The van der Waals surface area contributed by atoms with Gasteiger partial charge in [-0.2, -0.15) is 0 Å². The van der Waals surface area contributed by atoms with Crippen LogP contribution in [0.25, 0.3) is 0 Å². The summed E-state index contributed by atoms with van der Waals surface area (Å²) in [4.78, 5) is 23.7. The zero-order valence-corrected chi connectivity index (χ0v) is 12.1. The van der Waals surface area contributed by atoms with Crippen LogP contribution in [-0.4, -0.2) is 32.0 Å². The van der Waals surface area contributed by atoms with Gasteiger partial charge in [0.15, 0.2) is 0 Å². The highest BCUT2D eigenvalue weighted by Gasteiger charge is 2.28. The lowest BCUT2D eigenvalue weighted by atomic mass is 9.88. The molecule has 2 rings (SSSR count). The van der Waals surface area contributed by atoms with E-state index in [1.807, 2.05) is 13.8 Å². The van der Waals surface area contributed by atoms with Gasteiger partial charge in [0, 0.05) is 24.2 Å². The van der Waals surface area contributed by atoms with Crippen molar-refractivity contribution in [3.63, 3.8) is 0 Å². The van der Waals surface area contributed by atoms with Crippen LogP contribution in [0.5, 0.6) is 0 Å². The van der Waals surface area contributed by atoms with Crippen molar-refractivity contribution in [2.24, 2.45) is 11.8 Å². The van der Waals surface area contributed by atoms with Crippen molar-refractivity contribution >= 4 is 17.5 Å². The normalized spacial score (nSPS) is 16.1. The van der Waals surface area contributed by atoms with Crippen molar-refractivity contribution in [2.75, 3.05) is 25.5 Å². The number of hydrogen-bond donors (Lipinski definition) is 3. The maximum Gasteiger partial charge on any atom is 0.251 e. The van der Waals surface area contributed by atoms with E-state index in [4.69, 9.17) is 0 Å². The fourth-order valence-electron chi connectivity index (χ4n) is 2.21. The number of carbonyl (C=O) groups excluding carboxylic acids is 2. The van der Waals surface area contributed by atoms with E-state index in [1.165, 1.54) is 0 Å². The summed E-state index contributed by atoms with van der Waals surface area (Å²) >= 11 is 0. The molecule has 5 heteroatoms. The Morgan fingerprint density at radius 2 is 2.05 bits per heavy atom. The standard InChI is InChI=1S/C15H21N3O2/c1-9-6-11(15(20)16-3)4-5-13(9)18-14(19)10(2)12-7-17-8-12/h4-6,10,12,17H,7-8H2,1-3H3,(H,16,20)(H,18,19). The van der Waals surface area contributed by atoms with Crippen LogP contribution in [0.1, 0.15) is 22.8 Å². The van der Waals surface area contributed by atoms with Gasteiger partial charge in [0.05, 0.1) is 0 Å². The van der Waals surface area contributed by atoms with Crippen LogP contribution < -0.4 is 16.0 Å². The maximum atomic E-state index is 12.2. The van der Waals surface area contributed by atoms with E-state index < -0.39 is 0 Å². The number of rotatable bonds is 4. The Bertz CT molecular complexity index is 524. The lowest BCUT2D eigenvalue weighted by Gasteiger charge is -2.31. The molecule has 1 atom stereocenters. The first kappa shape index (κ1) is 14.5. The van der Waals surface area contributed by atoms with Crippen LogP contribution in [0, 0.1) is 18.8 Å². The largest absolute Gasteiger partial charge is 0.355 e. The van der Waals surface area contributed by atoms with E-state index in [2.05, 4.69) is 16.0 Å². The van der Waals surface area contributed by atoms with Gasteiger partial charge < -0.3 is 16.0 Å². The van der Waals surface area contributed by atoms with Gasteiger partial charge >= 0.3 is 0 Å². The molecule has 1 saturated heterocycles. The highest BCUT2D eigenvalue weighted by Crippen LogP contribution is 2.21. The third-order valence-corrected chi connectivity index (χ3v) is 3.91. The predicted molar refractivity (Wildman–Crippen MR) is 78.7 cm³/mol. The Hall–Kier alpha value is -1.88. The van der Waals surface area contributed by atoms with Gasteiger partial charge in [0.1, 0.15) is 0 Å². The van der Waals surface area contributed by atoms with Gasteiger partial charge in [-0.1, -0.05) is 6.92 Å². The number of carbonyl (C=O) groups is 2. The molecule has 1 heterocycles. The zero-order chi connectivity index (χ0) is 14.7. The van der Waals surface area contributed by atoms with Crippen molar-refractivity contribution in [2.45, 2.75) is 13.8 Å². The molecule has 20 heavy (non-hydrogen) atoms. The maximum absolute atomic E-state index is 12.2. The summed E-state index contributed by atoms with van der Waals surface area (Å²) in [5.74, 6) is 0.321. The average Bonchev–Trinajstić information content (AvgIpc) is 2.37. The molecule has 0 aromatic heterocycles. The van der Waals surface area contributed by atoms with E-state index in [-0.39, 0.29) is 17.7 Å². The number of aryl methyl sites for hydroxylation is 1. The van der Waals surface area contributed by atoms with Crippen LogP contribution in [-0.2, 0) is 4.79 Å². The predicted octanol–water partition coefficient (Wildman–Crippen LogP) is 1.15. The molecular formula is C15H21N3O2. The first-order chi connectivity index (χ1) is 9.52. The van der Waals surface area contributed by atoms with Gasteiger partial charge in [-0.15, -0.1) is 0 Å². The fourth-order valence-corrected chi connectivity index (χ4v) is 2.21. The second kappa shape index (κ2) is 6.05. The Kier molecular flexibility index (Phi) is 4.39. The SMILES string of the molecule is CNC(=O)c1ccc(NC(=O)C(C)C2CNC2)c(C)c1. The quantitative estimate of drug-likeness (QED) is 0.772. The molecule has 1 fully saturated rings. The third-order valence-electron chi connectivity index (χ3n) is 3.91. The minimum absolute atomic E-state index is 0.00531. The van der Waals surface area contributed by atoms with Crippen LogP contribution in [0.4, 0.5) is 5.69 Å². The van der Waals surface area contributed by atoms with Crippen LogP contribution in [0.15, 0.2) is 18.2 Å². The zero-order valence-electron chi connectivity index (χ0n) is 12.1. The summed E-state index contributed by atoms with van der Waals surface area (Å²) in [5.41, 5.74) is 2.25. The molecule has 1 aliphatic rings. The van der Waals surface area contributed by atoms with Gasteiger partial charge in [0.2, 0.25) is 5.91 Å². The number of benzene rings is 1. The van der Waals surface area contributed by atoms with Gasteiger partial charge in [-0.05, 0) is 49.7 Å².